The SMILES string of the molecule is Cn1ccn(Cc2cnn(-c3ccccc3)c2)c1=O. The third kappa shape index (κ3) is 2.22. The number of hydrogen-bond acceptors (Lipinski definition) is 2. The average Bonchev–Trinajstić information content (AvgIpc) is 3.02. The molecule has 0 N–H and O–H groups in total. The van der Waals surface area contributed by atoms with Gasteiger partial charge in [-0.25, -0.2) is 9.48 Å². The number of hydrogen-bond donors (Lipinski definition) is 0. The number of aryl methyl sites for hydroxylation is 1. The van der Waals surface area contributed by atoms with Crippen molar-refractivity contribution in [3.05, 3.63) is 71.2 Å². The Hall–Kier alpha value is -2.56. The lowest BCUT2D eigenvalue weighted by Gasteiger charge is -1.99. The molecule has 0 fully saturated rings. The smallest absolute Gasteiger partial charge is 0.302 e. The maximum absolute atomic E-state index is 11.7. The highest BCUT2D eigenvalue weighted by atomic mass is 16.1. The lowest BCUT2D eigenvalue weighted by molar-refractivity contribution is 0.717. The van der Waals surface area contributed by atoms with Crippen LogP contribution in [0.1, 0.15) is 5.56 Å². The number of para-hydroxylation sites is 1. The molecule has 19 heavy (non-hydrogen) atoms. The van der Waals surface area contributed by atoms with E-state index in [0.717, 1.165) is 11.3 Å². The number of rotatable bonds is 3. The van der Waals surface area contributed by atoms with Crippen LogP contribution in [0, 0.1) is 0 Å². The Balaban J connectivity index is 1.86. The Morgan fingerprint density at radius 1 is 1.16 bits per heavy atom. The Bertz CT molecular complexity index is 736. The van der Waals surface area contributed by atoms with Gasteiger partial charge in [-0.1, -0.05) is 18.2 Å². The van der Waals surface area contributed by atoms with Crippen molar-refractivity contribution in [2.24, 2.45) is 7.05 Å². The molecular weight excluding hydrogens is 240 g/mol. The Kier molecular flexibility index (Phi) is 2.79. The molecule has 0 aliphatic rings. The van der Waals surface area contributed by atoms with Gasteiger partial charge in [-0.15, -0.1) is 0 Å². The van der Waals surface area contributed by atoms with Gasteiger partial charge in [0.1, 0.15) is 0 Å². The molecule has 2 aromatic heterocycles. The van der Waals surface area contributed by atoms with Crippen LogP contribution in [0.2, 0.25) is 0 Å². The maximum atomic E-state index is 11.7. The zero-order chi connectivity index (χ0) is 13.2. The summed E-state index contributed by atoms with van der Waals surface area (Å²) in [5, 5.41) is 4.31. The third-order valence-electron chi connectivity index (χ3n) is 3.03. The van der Waals surface area contributed by atoms with Crippen LogP contribution < -0.4 is 5.69 Å². The van der Waals surface area contributed by atoms with Gasteiger partial charge in [0.05, 0.1) is 18.4 Å². The van der Waals surface area contributed by atoms with Gasteiger partial charge >= 0.3 is 5.69 Å². The summed E-state index contributed by atoms with van der Waals surface area (Å²) in [5.74, 6) is 0. The van der Waals surface area contributed by atoms with Gasteiger partial charge in [-0.05, 0) is 12.1 Å². The van der Waals surface area contributed by atoms with Crippen LogP contribution in [-0.2, 0) is 13.6 Å². The second-order valence-electron chi connectivity index (χ2n) is 4.45. The second kappa shape index (κ2) is 4.61. The van der Waals surface area contributed by atoms with Crippen molar-refractivity contribution in [1.29, 1.82) is 0 Å². The van der Waals surface area contributed by atoms with Gasteiger partial charge in [0.25, 0.3) is 0 Å². The second-order valence-corrected chi connectivity index (χ2v) is 4.45. The van der Waals surface area contributed by atoms with Crippen LogP contribution in [0.25, 0.3) is 5.69 Å². The molecule has 0 aliphatic carbocycles. The Labute approximate surface area is 110 Å². The first-order chi connectivity index (χ1) is 9.24. The number of benzene rings is 1. The van der Waals surface area contributed by atoms with Crippen LogP contribution in [0.5, 0.6) is 0 Å². The summed E-state index contributed by atoms with van der Waals surface area (Å²) in [6.07, 6.45) is 7.26. The first-order valence-corrected chi connectivity index (χ1v) is 6.05. The number of aromatic nitrogens is 4. The van der Waals surface area contributed by atoms with Gasteiger partial charge in [0.2, 0.25) is 0 Å². The molecule has 0 aliphatic heterocycles. The van der Waals surface area contributed by atoms with Crippen LogP contribution in [0.3, 0.4) is 0 Å². The number of nitrogens with zero attached hydrogens (tertiary/aromatic N) is 4. The van der Waals surface area contributed by atoms with E-state index in [9.17, 15) is 4.79 Å². The van der Waals surface area contributed by atoms with E-state index in [1.165, 1.54) is 0 Å². The summed E-state index contributed by atoms with van der Waals surface area (Å²) < 4.78 is 5.03. The molecule has 0 amide bonds. The molecule has 0 radical (unpaired) electrons. The van der Waals surface area contributed by atoms with E-state index < -0.39 is 0 Å². The van der Waals surface area contributed by atoms with Gasteiger partial charge in [-0.3, -0.25) is 4.57 Å². The summed E-state index contributed by atoms with van der Waals surface area (Å²) in [6, 6.07) is 9.89. The van der Waals surface area contributed by atoms with Crippen molar-refractivity contribution in [3.63, 3.8) is 0 Å². The molecule has 5 heteroatoms. The zero-order valence-electron chi connectivity index (χ0n) is 10.6. The topological polar surface area (TPSA) is 44.8 Å². The van der Waals surface area contributed by atoms with Crippen LogP contribution in [0.15, 0.2) is 59.9 Å². The first kappa shape index (κ1) is 11.5. The fourth-order valence-electron chi connectivity index (χ4n) is 1.99. The molecule has 0 bridgehead atoms. The minimum absolute atomic E-state index is 0.0209. The molecule has 0 unspecified atom stereocenters. The molecule has 0 spiro atoms. The van der Waals surface area contributed by atoms with E-state index in [1.807, 2.05) is 41.2 Å². The zero-order valence-corrected chi connectivity index (χ0v) is 10.6. The summed E-state index contributed by atoms with van der Waals surface area (Å²) >= 11 is 0. The Morgan fingerprint density at radius 3 is 2.63 bits per heavy atom. The highest BCUT2D eigenvalue weighted by Gasteiger charge is 2.04. The first-order valence-electron chi connectivity index (χ1n) is 6.05. The number of imidazole rings is 1. The molecule has 0 saturated carbocycles. The van der Waals surface area contributed by atoms with Crippen LogP contribution in [-0.4, -0.2) is 18.9 Å². The maximum Gasteiger partial charge on any atom is 0.328 e. The fraction of sp³-hybridized carbons (Fsp3) is 0.143. The minimum atomic E-state index is -0.0209. The normalized spacial score (nSPS) is 10.8. The summed E-state index contributed by atoms with van der Waals surface area (Å²) in [6.45, 7) is 0.534. The minimum Gasteiger partial charge on any atom is -0.302 e. The van der Waals surface area contributed by atoms with Gasteiger partial charge in [0, 0.05) is 31.2 Å². The molecule has 3 rings (SSSR count). The van der Waals surface area contributed by atoms with Crippen LogP contribution in [0.4, 0.5) is 0 Å². The summed E-state index contributed by atoms with van der Waals surface area (Å²) in [4.78, 5) is 11.7. The van der Waals surface area contributed by atoms with Crippen molar-refractivity contribution in [2.45, 2.75) is 6.54 Å². The quantitative estimate of drug-likeness (QED) is 0.709. The van der Waals surface area contributed by atoms with Gasteiger partial charge < -0.3 is 4.57 Å². The fourth-order valence-corrected chi connectivity index (χ4v) is 1.99. The van der Waals surface area contributed by atoms with E-state index in [-0.39, 0.29) is 5.69 Å². The lowest BCUT2D eigenvalue weighted by Crippen LogP contribution is -2.22. The molecule has 5 nitrogen and oxygen atoms in total. The molecule has 1 aromatic carbocycles. The standard InChI is InChI=1S/C14H14N4O/c1-16-7-8-17(14(16)19)10-12-9-15-18(11-12)13-5-3-2-4-6-13/h2-9,11H,10H2,1H3. The predicted molar refractivity (Wildman–Crippen MR) is 72.3 cm³/mol. The van der Waals surface area contributed by atoms with Crippen LogP contribution >= 0.6 is 0 Å². The van der Waals surface area contributed by atoms with Crippen molar-refractivity contribution < 1.29 is 0 Å². The van der Waals surface area contributed by atoms with Crippen molar-refractivity contribution in [2.75, 3.05) is 0 Å². The molecule has 2 heterocycles. The van der Waals surface area contributed by atoms with Gasteiger partial charge in [-0.2, -0.15) is 5.10 Å². The molecule has 0 atom stereocenters. The molecule has 96 valence electrons. The third-order valence-corrected chi connectivity index (χ3v) is 3.03. The van der Waals surface area contributed by atoms with Gasteiger partial charge in [0.15, 0.2) is 0 Å². The monoisotopic (exact) mass is 254 g/mol. The van der Waals surface area contributed by atoms with E-state index in [2.05, 4.69) is 5.10 Å². The average molecular weight is 254 g/mol. The summed E-state index contributed by atoms with van der Waals surface area (Å²) in [7, 11) is 1.74. The van der Waals surface area contributed by atoms with E-state index >= 15 is 0 Å². The highest BCUT2D eigenvalue weighted by Crippen LogP contribution is 2.08. The Morgan fingerprint density at radius 2 is 1.95 bits per heavy atom. The highest BCUT2D eigenvalue weighted by molar-refractivity contribution is 5.30. The van der Waals surface area contributed by atoms with E-state index in [0.29, 0.717) is 6.54 Å². The molecular formula is C14H14N4O. The molecule has 0 saturated heterocycles. The van der Waals surface area contributed by atoms with Crippen molar-refractivity contribution in [3.8, 4) is 5.69 Å². The molecule has 3 aromatic rings. The van der Waals surface area contributed by atoms with Crippen molar-refractivity contribution >= 4 is 0 Å². The summed E-state index contributed by atoms with van der Waals surface area (Å²) in [5.41, 5.74) is 1.98. The van der Waals surface area contributed by atoms with Crippen molar-refractivity contribution in [1.82, 2.24) is 18.9 Å². The largest absolute Gasteiger partial charge is 0.328 e. The van der Waals surface area contributed by atoms with E-state index in [1.54, 1.807) is 34.8 Å². The van der Waals surface area contributed by atoms with E-state index in [4.69, 9.17) is 0 Å². The predicted octanol–water partition coefficient (Wildman–Crippen LogP) is 1.42. The lowest BCUT2D eigenvalue weighted by atomic mass is 10.3.